The summed E-state index contributed by atoms with van der Waals surface area (Å²) in [7, 11) is -1.95. The van der Waals surface area contributed by atoms with E-state index < -0.39 is 10.0 Å². The van der Waals surface area contributed by atoms with Gasteiger partial charge >= 0.3 is 0 Å². The van der Waals surface area contributed by atoms with Gasteiger partial charge in [-0.3, -0.25) is 4.79 Å². The van der Waals surface area contributed by atoms with E-state index in [1.165, 1.54) is 12.1 Å². The fourth-order valence-electron chi connectivity index (χ4n) is 3.96. The normalized spacial score (nSPS) is 20.3. The Morgan fingerprint density at radius 2 is 1.89 bits per heavy atom. The maximum atomic E-state index is 13.2. The van der Waals surface area contributed by atoms with Gasteiger partial charge in [0.05, 0.1) is 11.3 Å². The van der Waals surface area contributed by atoms with E-state index in [1.54, 1.807) is 46.6 Å². The molecule has 1 unspecified atom stereocenters. The largest absolute Gasteiger partial charge is 0.315 e. The molecule has 0 spiro atoms. The number of nitrogens with zero attached hydrogens (tertiary/aromatic N) is 2. The maximum Gasteiger partial charge on any atom is 0.243 e. The van der Waals surface area contributed by atoms with E-state index in [1.807, 2.05) is 0 Å². The number of fused-ring (bicyclic) bond motifs is 1. The Morgan fingerprint density at radius 3 is 2.63 bits per heavy atom. The summed E-state index contributed by atoms with van der Waals surface area (Å²) in [6, 6.07) is 11.0. The zero-order valence-corrected chi connectivity index (χ0v) is 15.9. The summed E-state index contributed by atoms with van der Waals surface area (Å²) in [6.45, 7) is 0.476. The second-order valence-corrected chi connectivity index (χ2v) is 9.05. The van der Waals surface area contributed by atoms with Crippen molar-refractivity contribution in [3.8, 4) is 0 Å². The van der Waals surface area contributed by atoms with Crippen LogP contribution in [0, 0.1) is 5.82 Å². The minimum atomic E-state index is -3.64. The zero-order valence-electron chi connectivity index (χ0n) is 15.1. The van der Waals surface area contributed by atoms with E-state index in [0.717, 1.165) is 29.7 Å². The summed E-state index contributed by atoms with van der Waals surface area (Å²) < 4.78 is 41.1. The van der Waals surface area contributed by atoms with Crippen molar-refractivity contribution in [1.82, 2.24) is 4.31 Å². The first-order valence-corrected chi connectivity index (χ1v) is 10.5. The standard InChI is InChI=1S/C20H21FN2O3S/c1-22-19-9-8-18(12-15(19)13-20(22)24)27(25,26)23-10-2-3-17(23)11-14-4-6-16(21)7-5-14/h4-9,12,17H,2-3,10-11,13H2,1H3. The van der Waals surface area contributed by atoms with Crippen LogP contribution in [-0.2, 0) is 27.7 Å². The zero-order chi connectivity index (χ0) is 19.2. The average Bonchev–Trinajstić information content (AvgIpc) is 3.22. The van der Waals surface area contributed by atoms with Crippen LogP contribution < -0.4 is 4.90 Å². The van der Waals surface area contributed by atoms with Crippen LogP contribution in [0.3, 0.4) is 0 Å². The van der Waals surface area contributed by atoms with Gasteiger partial charge in [0.15, 0.2) is 0 Å². The second kappa shape index (κ2) is 6.73. The van der Waals surface area contributed by atoms with Gasteiger partial charge in [-0.05, 0) is 60.7 Å². The van der Waals surface area contributed by atoms with Crippen molar-refractivity contribution in [3.05, 3.63) is 59.4 Å². The third-order valence-electron chi connectivity index (χ3n) is 5.44. The lowest BCUT2D eigenvalue weighted by molar-refractivity contribution is -0.117. The molecule has 2 aromatic rings. The number of sulfonamides is 1. The molecule has 1 fully saturated rings. The number of halogens is 1. The number of amides is 1. The molecule has 5 nitrogen and oxygen atoms in total. The van der Waals surface area contributed by atoms with Crippen LogP contribution in [-0.4, -0.2) is 38.3 Å². The van der Waals surface area contributed by atoms with Gasteiger partial charge in [0, 0.05) is 25.3 Å². The monoisotopic (exact) mass is 388 g/mol. The Morgan fingerprint density at radius 1 is 1.15 bits per heavy atom. The van der Waals surface area contributed by atoms with Crippen molar-refractivity contribution < 1.29 is 17.6 Å². The van der Waals surface area contributed by atoms with Crippen molar-refractivity contribution in [1.29, 1.82) is 0 Å². The first-order valence-electron chi connectivity index (χ1n) is 9.02. The smallest absolute Gasteiger partial charge is 0.243 e. The number of carbonyl (C=O) groups is 1. The van der Waals surface area contributed by atoms with Crippen LogP contribution >= 0.6 is 0 Å². The Labute approximate surface area is 158 Å². The Balaban J connectivity index is 1.60. The first kappa shape index (κ1) is 18.1. The molecule has 27 heavy (non-hydrogen) atoms. The molecule has 0 bridgehead atoms. The molecule has 142 valence electrons. The lowest BCUT2D eigenvalue weighted by Crippen LogP contribution is -2.36. The molecule has 0 aliphatic carbocycles. The molecule has 1 saturated heterocycles. The Hall–Kier alpha value is -2.25. The number of rotatable bonds is 4. The number of benzene rings is 2. The number of hydrogen-bond acceptors (Lipinski definition) is 3. The summed E-state index contributed by atoms with van der Waals surface area (Å²) in [6.07, 6.45) is 2.37. The van der Waals surface area contributed by atoms with Crippen molar-refractivity contribution in [2.24, 2.45) is 0 Å². The van der Waals surface area contributed by atoms with Gasteiger partial charge in [0.2, 0.25) is 15.9 Å². The summed E-state index contributed by atoms with van der Waals surface area (Å²) in [4.78, 5) is 13.7. The van der Waals surface area contributed by atoms with Gasteiger partial charge in [-0.15, -0.1) is 0 Å². The molecule has 2 aromatic carbocycles. The first-order chi connectivity index (χ1) is 12.9. The summed E-state index contributed by atoms with van der Waals surface area (Å²) in [5, 5.41) is 0. The highest BCUT2D eigenvalue weighted by molar-refractivity contribution is 7.89. The third kappa shape index (κ3) is 3.26. The molecule has 0 N–H and O–H groups in total. The van der Waals surface area contributed by atoms with E-state index in [0.29, 0.717) is 13.0 Å². The molecule has 2 heterocycles. The number of anilines is 1. The number of carbonyl (C=O) groups excluding carboxylic acids is 1. The highest BCUT2D eigenvalue weighted by Gasteiger charge is 2.36. The van der Waals surface area contributed by atoms with Crippen molar-refractivity contribution in [3.63, 3.8) is 0 Å². The molecular formula is C20H21FN2O3S. The quantitative estimate of drug-likeness (QED) is 0.809. The molecule has 1 atom stereocenters. The van der Waals surface area contributed by atoms with Crippen LogP contribution in [0.15, 0.2) is 47.4 Å². The lowest BCUT2D eigenvalue weighted by atomic mass is 10.0. The van der Waals surface area contributed by atoms with Gasteiger partial charge in [0.25, 0.3) is 0 Å². The Bertz CT molecular complexity index is 989. The predicted molar refractivity (Wildman–Crippen MR) is 101 cm³/mol. The third-order valence-corrected chi connectivity index (χ3v) is 7.39. The van der Waals surface area contributed by atoms with Crippen LogP contribution in [0.25, 0.3) is 0 Å². The maximum absolute atomic E-state index is 13.2. The van der Waals surface area contributed by atoms with Crippen LogP contribution in [0.2, 0.25) is 0 Å². The van der Waals surface area contributed by atoms with Crippen LogP contribution in [0.1, 0.15) is 24.0 Å². The second-order valence-electron chi connectivity index (χ2n) is 7.16. The summed E-state index contributed by atoms with van der Waals surface area (Å²) >= 11 is 0. The van der Waals surface area contributed by atoms with Gasteiger partial charge < -0.3 is 4.90 Å². The topological polar surface area (TPSA) is 57.7 Å². The van der Waals surface area contributed by atoms with E-state index in [2.05, 4.69) is 0 Å². The fraction of sp³-hybridized carbons (Fsp3) is 0.350. The van der Waals surface area contributed by atoms with E-state index in [9.17, 15) is 17.6 Å². The minimum Gasteiger partial charge on any atom is -0.315 e. The lowest BCUT2D eigenvalue weighted by Gasteiger charge is -2.24. The molecule has 2 aliphatic rings. The number of hydrogen-bond donors (Lipinski definition) is 0. The predicted octanol–water partition coefficient (Wildman–Crippen LogP) is 2.74. The molecule has 0 radical (unpaired) electrons. The molecule has 2 aliphatic heterocycles. The summed E-state index contributed by atoms with van der Waals surface area (Å²) in [5.74, 6) is -0.331. The highest BCUT2D eigenvalue weighted by atomic mass is 32.2. The molecule has 1 amide bonds. The molecule has 4 rings (SSSR count). The van der Waals surface area contributed by atoms with E-state index >= 15 is 0 Å². The SMILES string of the molecule is CN1C(=O)Cc2cc(S(=O)(=O)N3CCCC3Cc3ccc(F)cc3)ccc21. The molecule has 0 saturated carbocycles. The number of likely N-dealkylation sites (N-methyl/N-ethyl adjacent to an activating group) is 1. The molecule has 0 aromatic heterocycles. The van der Waals surface area contributed by atoms with Gasteiger partial charge in [0.1, 0.15) is 5.82 Å². The fourth-order valence-corrected chi connectivity index (χ4v) is 5.71. The molecule has 7 heteroatoms. The minimum absolute atomic E-state index is 0.0325. The van der Waals surface area contributed by atoms with E-state index in [4.69, 9.17) is 0 Å². The van der Waals surface area contributed by atoms with Crippen molar-refractivity contribution >= 4 is 21.6 Å². The highest BCUT2D eigenvalue weighted by Crippen LogP contribution is 2.33. The van der Waals surface area contributed by atoms with E-state index in [-0.39, 0.29) is 29.1 Å². The Kier molecular flexibility index (Phi) is 4.52. The molecular weight excluding hydrogens is 367 g/mol. The average molecular weight is 388 g/mol. The van der Waals surface area contributed by atoms with Crippen LogP contribution in [0.4, 0.5) is 10.1 Å². The van der Waals surface area contributed by atoms with Crippen molar-refractivity contribution in [2.45, 2.75) is 36.6 Å². The van der Waals surface area contributed by atoms with Crippen molar-refractivity contribution in [2.75, 3.05) is 18.5 Å². The van der Waals surface area contributed by atoms with Crippen LogP contribution in [0.5, 0.6) is 0 Å². The van der Waals surface area contributed by atoms with Gasteiger partial charge in [-0.25, -0.2) is 12.8 Å². The summed E-state index contributed by atoms with van der Waals surface area (Å²) in [5.41, 5.74) is 2.44. The van der Waals surface area contributed by atoms with Gasteiger partial charge in [-0.1, -0.05) is 12.1 Å². The van der Waals surface area contributed by atoms with Gasteiger partial charge in [-0.2, -0.15) is 4.31 Å².